The fourth-order valence-corrected chi connectivity index (χ4v) is 1.73. The van der Waals surface area contributed by atoms with Gasteiger partial charge in [-0.25, -0.2) is 4.79 Å². The van der Waals surface area contributed by atoms with Crippen LogP contribution in [0.1, 0.15) is 16.8 Å². The van der Waals surface area contributed by atoms with Gasteiger partial charge in [0.25, 0.3) is 5.91 Å². The summed E-state index contributed by atoms with van der Waals surface area (Å²) >= 11 is 3.21. The minimum Gasteiger partial charge on any atom is -0.480 e. The number of rotatable bonds is 5. The summed E-state index contributed by atoms with van der Waals surface area (Å²) in [7, 11) is 0. The Hall–Kier alpha value is -1.40. The summed E-state index contributed by atoms with van der Waals surface area (Å²) in [5.74, 6) is -1.65. The molecule has 1 rings (SSSR count). The predicted octanol–water partition coefficient (Wildman–Crippen LogP) is 1.01. The number of hydrogen-bond acceptors (Lipinski definition) is 3. The zero-order valence-corrected chi connectivity index (χ0v) is 10.5. The number of halogens is 1. The zero-order chi connectivity index (χ0) is 12.8. The van der Waals surface area contributed by atoms with E-state index in [1.165, 1.54) is 0 Å². The lowest BCUT2D eigenvalue weighted by Gasteiger charge is -2.13. The highest BCUT2D eigenvalue weighted by Gasteiger charge is 2.20. The number of carbonyl (C=O) groups excluding carboxylic acids is 1. The van der Waals surface area contributed by atoms with Gasteiger partial charge in [-0.15, -0.1) is 0 Å². The van der Waals surface area contributed by atoms with Gasteiger partial charge in [-0.1, -0.05) is 12.1 Å². The van der Waals surface area contributed by atoms with E-state index < -0.39 is 17.9 Å². The molecule has 0 spiro atoms. The molecule has 0 bridgehead atoms. The van der Waals surface area contributed by atoms with Gasteiger partial charge in [0.2, 0.25) is 0 Å². The molecule has 1 aromatic carbocycles. The van der Waals surface area contributed by atoms with E-state index in [1.807, 2.05) is 0 Å². The Morgan fingerprint density at radius 2 is 2.00 bits per heavy atom. The first-order valence-corrected chi connectivity index (χ1v) is 5.74. The zero-order valence-electron chi connectivity index (χ0n) is 8.89. The lowest BCUT2D eigenvalue weighted by molar-refractivity contribution is -0.139. The molecule has 1 amide bonds. The summed E-state index contributed by atoms with van der Waals surface area (Å²) in [6.07, 6.45) is -0.0223. The van der Waals surface area contributed by atoms with Crippen LogP contribution < -0.4 is 5.32 Å². The first-order chi connectivity index (χ1) is 8.06. The van der Waals surface area contributed by atoms with Gasteiger partial charge in [-0.05, 0) is 28.1 Å². The number of carbonyl (C=O) groups is 2. The maximum atomic E-state index is 11.8. The summed E-state index contributed by atoms with van der Waals surface area (Å²) in [6, 6.07) is 5.62. The topological polar surface area (TPSA) is 86.6 Å². The van der Waals surface area contributed by atoms with Gasteiger partial charge < -0.3 is 15.5 Å². The molecule has 0 aromatic heterocycles. The smallest absolute Gasteiger partial charge is 0.326 e. The van der Waals surface area contributed by atoms with E-state index in [2.05, 4.69) is 21.2 Å². The molecule has 3 N–H and O–H groups in total. The molecule has 0 radical (unpaired) electrons. The Kier molecular flexibility index (Phi) is 5.11. The van der Waals surface area contributed by atoms with E-state index in [1.54, 1.807) is 24.3 Å². The van der Waals surface area contributed by atoms with E-state index in [0.29, 0.717) is 10.0 Å². The van der Waals surface area contributed by atoms with Crippen molar-refractivity contribution in [3.05, 3.63) is 34.3 Å². The van der Waals surface area contributed by atoms with Crippen molar-refractivity contribution in [3.8, 4) is 0 Å². The molecule has 0 aliphatic rings. The minimum atomic E-state index is -1.17. The third kappa shape index (κ3) is 3.83. The number of benzene rings is 1. The van der Waals surface area contributed by atoms with E-state index in [4.69, 9.17) is 10.2 Å². The fraction of sp³-hybridized carbons (Fsp3) is 0.273. The van der Waals surface area contributed by atoms with Crippen molar-refractivity contribution < 1.29 is 19.8 Å². The molecule has 0 aliphatic heterocycles. The van der Waals surface area contributed by atoms with E-state index >= 15 is 0 Å². The van der Waals surface area contributed by atoms with Crippen molar-refractivity contribution in [1.29, 1.82) is 0 Å². The number of aliphatic carboxylic acids is 1. The Bertz CT molecular complexity index is 422. The molecule has 17 heavy (non-hydrogen) atoms. The Morgan fingerprint density at radius 3 is 2.53 bits per heavy atom. The second kappa shape index (κ2) is 6.36. The molecule has 92 valence electrons. The summed E-state index contributed by atoms with van der Waals surface area (Å²) in [6.45, 7) is -0.298. The third-order valence-electron chi connectivity index (χ3n) is 2.14. The standard InChI is InChI=1S/C11H12BrNO4/c12-8-4-2-1-3-7(8)10(15)13-9(5-6-14)11(16)17/h1-4,9,14H,5-6H2,(H,13,15)(H,16,17)/t9-/m0/s1. The minimum absolute atomic E-state index is 0.0223. The predicted molar refractivity (Wildman–Crippen MR) is 64.7 cm³/mol. The van der Waals surface area contributed by atoms with Crippen LogP contribution in [0.3, 0.4) is 0 Å². The number of aliphatic hydroxyl groups excluding tert-OH is 1. The van der Waals surface area contributed by atoms with Gasteiger partial charge in [-0.2, -0.15) is 0 Å². The highest BCUT2D eigenvalue weighted by Crippen LogP contribution is 2.15. The summed E-state index contributed by atoms with van der Waals surface area (Å²) < 4.78 is 0.589. The lowest BCUT2D eigenvalue weighted by atomic mass is 10.1. The number of hydrogen-bond donors (Lipinski definition) is 3. The first-order valence-electron chi connectivity index (χ1n) is 4.95. The normalized spacial score (nSPS) is 11.9. The molecular formula is C11H12BrNO4. The molecule has 1 atom stereocenters. The Labute approximate surface area is 107 Å². The van der Waals surface area contributed by atoms with Crippen molar-refractivity contribution in [3.63, 3.8) is 0 Å². The van der Waals surface area contributed by atoms with Crippen LogP contribution >= 0.6 is 15.9 Å². The van der Waals surface area contributed by atoms with Crippen molar-refractivity contribution in [2.45, 2.75) is 12.5 Å². The summed E-state index contributed by atoms with van der Waals surface area (Å²) in [4.78, 5) is 22.6. The average molecular weight is 302 g/mol. The molecule has 0 saturated carbocycles. The van der Waals surface area contributed by atoms with Gasteiger partial charge in [0.05, 0.1) is 5.56 Å². The molecule has 0 fully saturated rings. The van der Waals surface area contributed by atoms with Crippen LogP contribution in [-0.4, -0.2) is 34.7 Å². The average Bonchev–Trinajstić information content (AvgIpc) is 2.28. The van der Waals surface area contributed by atoms with Crippen molar-refractivity contribution in [1.82, 2.24) is 5.32 Å². The van der Waals surface area contributed by atoms with Crippen LogP contribution in [0.25, 0.3) is 0 Å². The molecule has 0 aliphatic carbocycles. The molecule has 0 unspecified atom stereocenters. The van der Waals surface area contributed by atoms with E-state index in [-0.39, 0.29) is 13.0 Å². The quantitative estimate of drug-likeness (QED) is 0.758. The van der Waals surface area contributed by atoms with Gasteiger partial charge in [-0.3, -0.25) is 4.79 Å². The van der Waals surface area contributed by atoms with Gasteiger partial charge >= 0.3 is 5.97 Å². The van der Waals surface area contributed by atoms with E-state index in [0.717, 1.165) is 0 Å². The van der Waals surface area contributed by atoms with Crippen LogP contribution in [0.15, 0.2) is 28.7 Å². The van der Waals surface area contributed by atoms with Crippen LogP contribution in [0.4, 0.5) is 0 Å². The molecule has 6 heteroatoms. The van der Waals surface area contributed by atoms with Crippen LogP contribution in [0.2, 0.25) is 0 Å². The Morgan fingerprint density at radius 1 is 1.35 bits per heavy atom. The summed E-state index contributed by atoms with van der Waals surface area (Å²) in [5, 5.41) is 19.9. The van der Waals surface area contributed by atoms with Crippen LogP contribution in [-0.2, 0) is 4.79 Å². The highest BCUT2D eigenvalue weighted by atomic mass is 79.9. The fourth-order valence-electron chi connectivity index (χ4n) is 1.27. The molecular weight excluding hydrogens is 290 g/mol. The van der Waals surface area contributed by atoms with Gasteiger partial charge in [0.15, 0.2) is 0 Å². The van der Waals surface area contributed by atoms with Gasteiger partial charge in [0, 0.05) is 17.5 Å². The SMILES string of the molecule is O=C(N[C@@H](CCO)C(=O)O)c1ccccc1Br. The maximum Gasteiger partial charge on any atom is 0.326 e. The molecule has 5 nitrogen and oxygen atoms in total. The van der Waals surface area contributed by atoms with Crippen molar-refractivity contribution in [2.75, 3.05) is 6.61 Å². The maximum absolute atomic E-state index is 11.8. The molecule has 0 saturated heterocycles. The van der Waals surface area contributed by atoms with Gasteiger partial charge in [0.1, 0.15) is 6.04 Å². The van der Waals surface area contributed by atoms with Crippen LogP contribution in [0.5, 0.6) is 0 Å². The second-order valence-electron chi connectivity index (χ2n) is 3.36. The number of aliphatic hydroxyl groups is 1. The first kappa shape index (κ1) is 13.7. The lowest BCUT2D eigenvalue weighted by Crippen LogP contribution is -2.41. The molecule has 1 aromatic rings. The molecule has 0 heterocycles. The number of amides is 1. The number of carboxylic acid groups (broad SMARTS) is 1. The third-order valence-corrected chi connectivity index (χ3v) is 2.83. The number of nitrogens with one attached hydrogen (secondary N) is 1. The monoisotopic (exact) mass is 301 g/mol. The Balaban J connectivity index is 2.77. The van der Waals surface area contributed by atoms with Crippen LogP contribution in [0, 0.1) is 0 Å². The summed E-state index contributed by atoms with van der Waals surface area (Å²) in [5.41, 5.74) is 0.358. The number of carboxylic acids is 1. The largest absolute Gasteiger partial charge is 0.480 e. The van der Waals surface area contributed by atoms with Crippen molar-refractivity contribution in [2.24, 2.45) is 0 Å². The van der Waals surface area contributed by atoms with Crippen molar-refractivity contribution >= 4 is 27.8 Å². The second-order valence-corrected chi connectivity index (χ2v) is 4.21. The van der Waals surface area contributed by atoms with E-state index in [9.17, 15) is 9.59 Å². The highest BCUT2D eigenvalue weighted by molar-refractivity contribution is 9.10.